The molecule has 0 spiro atoms. The average molecular weight is 271 g/mol. The zero-order valence-corrected chi connectivity index (χ0v) is 11.4. The van der Waals surface area contributed by atoms with Gasteiger partial charge in [0.1, 0.15) is 0 Å². The topological polar surface area (TPSA) is 72.4 Å². The lowest BCUT2D eigenvalue weighted by Crippen LogP contribution is -2.30. The number of nitrogens with two attached hydrogens (primary N) is 1. The summed E-state index contributed by atoms with van der Waals surface area (Å²) in [5, 5.41) is 3.91. The van der Waals surface area contributed by atoms with Crippen LogP contribution in [-0.4, -0.2) is 22.5 Å². The lowest BCUT2D eigenvalue weighted by atomic mass is 10.1. The molecule has 0 bridgehead atoms. The molecule has 3 rings (SSSR count). The summed E-state index contributed by atoms with van der Waals surface area (Å²) in [7, 11) is 0. The van der Waals surface area contributed by atoms with Gasteiger partial charge in [0, 0.05) is 23.9 Å². The van der Waals surface area contributed by atoms with E-state index in [0.29, 0.717) is 11.3 Å². The van der Waals surface area contributed by atoms with E-state index in [4.69, 9.17) is 10.3 Å². The summed E-state index contributed by atoms with van der Waals surface area (Å²) in [5.41, 5.74) is 7.80. The number of aryl methyl sites for hydroxylation is 1. The summed E-state index contributed by atoms with van der Waals surface area (Å²) in [4.78, 5) is 14.4. The highest BCUT2D eigenvalue weighted by molar-refractivity contribution is 5.95. The molecule has 0 saturated carbocycles. The second-order valence-corrected chi connectivity index (χ2v) is 5.15. The number of carbonyl (C=O) groups is 1. The second-order valence-electron chi connectivity index (χ2n) is 5.15. The zero-order chi connectivity index (χ0) is 14.1. The van der Waals surface area contributed by atoms with Gasteiger partial charge in [0.15, 0.2) is 5.76 Å². The minimum atomic E-state index is -0.0230. The lowest BCUT2D eigenvalue weighted by Gasteiger charge is -2.22. The van der Waals surface area contributed by atoms with E-state index >= 15 is 0 Å². The van der Waals surface area contributed by atoms with Crippen LogP contribution in [0.3, 0.4) is 0 Å². The van der Waals surface area contributed by atoms with Crippen LogP contribution in [0.15, 0.2) is 34.9 Å². The number of amides is 1. The van der Waals surface area contributed by atoms with Crippen molar-refractivity contribution in [2.24, 2.45) is 0 Å². The van der Waals surface area contributed by atoms with E-state index in [1.165, 1.54) is 0 Å². The van der Waals surface area contributed by atoms with Gasteiger partial charge in [0.2, 0.25) is 0 Å². The van der Waals surface area contributed by atoms with Crippen molar-refractivity contribution < 1.29 is 9.32 Å². The molecule has 5 nitrogen and oxygen atoms in total. The Hall–Kier alpha value is -2.30. The molecule has 1 aromatic carbocycles. The average Bonchev–Trinajstić information content (AvgIpc) is 3.06. The number of hydrogen-bond acceptors (Lipinski definition) is 4. The number of nitrogen functional groups attached to an aromatic ring is 1. The van der Waals surface area contributed by atoms with Gasteiger partial charge in [0.25, 0.3) is 5.91 Å². The van der Waals surface area contributed by atoms with Gasteiger partial charge in [-0.1, -0.05) is 11.2 Å². The molecule has 1 fully saturated rings. The number of nitrogens with zero attached hydrogens (tertiary/aromatic N) is 2. The minimum absolute atomic E-state index is 0.00569. The maximum absolute atomic E-state index is 12.6. The standard InChI is InChI=1S/C15H17N3O2/c1-10-8-14(20-17-10)13-6-3-7-18(13)15(19)11-4-2-5-12(16)9-11/h2,4-5,8-9,13H,3,6-7,16H2,1H3. The Morgan fingerprint density at radius 1 is 1.45 bits per heavy atom. The molecule has 2 heterocycles. The van der Waals surface area contributed by atoms with Crippen molar-refractivity contribution >= 4 is 11.6 Å². The number of benzene rings is 1. The van der Waals surface area contributed by atoms with Crippen LogP contribution in [0.1, 0.15) is 40.7 Å². The Morgan fingerprint density at radius 3 is 3.00 bits per heavy atom. The Balaban J connectivity index is 1.87. The van der Waals surface area contributed by atoms with Crippen LogP contribution in [0.5, 0.6) is 0 Å². The maximum Gasteiger partial charge on any atom is 0.254 e. The molecular weight excluding hydrogens is 254 g/mol. The number of rotatable bonds is 2. The quantitative estimate of drug-likeness (QED) is 0.852. The summed E-state index contributed by atoms with van der Waals surface area (Å²) in [5.74, 6) is 0.756. The first-order chi connectivity index (χ1) is 9.65. The van der Waals surface area contributed by atoms with Crippen molar-refractivity contribution in [1.82, 2.24) is 10.1 Å². The Kier molecular flexibility index (Phi) is 3.18. The van der Waals surface area contributed by atoms with E-state index in [1.807, 2.05) is 17.9 Å². The molecule has 5 heteroatoms. The largest absolute Gasteiger partial charge is 0.399 e. The Bertz CT molecular complexity index is 636. The zero-order valence-electron chi connectivity index (χ0n) is 11.4. The normalized spacial score (nSPS) is 18.4. The van der Waals surface area contributed by atoms with Crippen molar-refractivity contribution in [3.05, 3.63) is 47.3 Å². The Morgan fingerprint density at radius 2 is 2.30 bits per heavy atom. The first-order valence-electron chi connectivity index (χ1n) is 6.75. The van der Waals surface area contributed by atoms with Crippen molar-refractivity contribution in [3.63, 3.8) is 0 Å². The predicted octanol–water partition coefficient (Wildman–Crippen LogP) is 2.54. The SMILES string of the molecule is Cc1cc(C2CCCN2C(=O)c2cccc(N)c2)on1. The summed E-state index contributed by atoms with van der Waals surface area (Å²) in [6, 6.07) is 8.95. The van der Waals surface area contributed by atoms with Gasteiger partial charge in [-0.25, -0.2) is 0 Å². The van der Waals surface area contributed by atoms with Crippen LogP contribution in [0.4, 0.5) is 5.69 Å². The highest BCUT2D eigenvalue weighted by Gasteiger charge is 2.33. The van der Waals surface area contributed by atoms with Crippen LogP contribution in [0.25, 0.3) is 0 Å². The summed E-state index contributed by atoms with van der Waals surface area (Å²) in [6.45, 7) is 2.62. The molecule has 2 N–H and O–H groups in total. The second kappa shape index (κ2) is 5.00. The van der Waals surface area contributed by atoms with Crippen LogP contribution < -0.4 is 5.73 Å². The number of carbonyl (C=O) groups excluding carboxylic acids is 1. The molecule has 1 atom stereocenters. The fraction of sp³-hybridized carbons (Fsp3) is 0.333. The van der Waals surface area contributed by atoms with Crippen LogP contribution in [-0.2, 0) is 0 Å². The van der Waals surface area contributed by atoms with Crippen molar-refractivity contribution in [3.8, 4) is 0 Å². The third-order valence-corrected chi connectivity index (χ3v) is 3.62. The van der Waals surface area contributed by atoms with Gasteiger partial charge < -0.3 is 15.2 Å². The Labute approximate surface area is 117 Å². The fourth-order valence-corrected chi connectivity index (χ4v) is 2.68. The van der Waals surface area contributed by atoms with Gasteiger partial charge in [-0.3, -0.25) is 4.79 Å². The molecule has 0 aliphatic carbocycles. The minimum Gasteiger partial charge on any atom is -0.399 e. The fourth-order valence-electron chi connectivity index (χ4n) is 2.68. The highest BCUT2D eigenvalue weighted by Crippen LogP contribution is 2.33. The number of aromatic nitrogens is 1. The lowest BCUT2D eigenvalue weighted by molar-refractivity contribution is 0.0714. The molecule has 1 aliphatic rings. The van der Waals surface area contributed by atoms with Crippen molar-refractivity contribution in [1.29, 1.82) is 0 Å². The van der Waals surface area contributed by atoms with Crippen LogP contribution in [0.2, 0.25) is 0 Å². The number of anilines is 1. The predicted molar refractivity (Wildman–Crippen MR) is 75.1 cm³/mol. The molecule has 20 heavy (non-hydrogen) atoms. The van der Waals surface area contributed by atoms with Gasteiger partial charge in [-0.05, 0) is 38.0 Å². The highest BCUT2D eigenvalue weighted by atomic mass is 16.5. The third kappa shape index (κ3) is 2.27. The van der Waals surface area contributed by atoms with Crippen LogP contribution in [0, 0.1) is 6.92 Å². The van der Waals surface area contributed by atoms with Gasteiger partial charge in [-0.15, -0.1) is 0 Å². The summed E-state index contributed by atoms with van der Waals surface area (Å²) >= 11 is 0. The van der Waals surface area contributed by atoms with E-state index in [0.717, 1.165) is 30.8 Å². The molecule has 104 valence electrons. The molecule has 1 unspecified atom stereocenters. The maximum atomic E-state index is 12.6. The molecule has 1 aliphatic heterocycles. The first-order valence-corrected chi connectivity index (χ1v) is 6.75. The van der Waals surface area contributed by atoms with Gasteiger partial charge in [0.05, 0.1) is 11.7 Å². The van der Waals surface area contributed by atoms with Gasteiger partial charge >= 0.3 is 0 Å². The van der Waals surface area contributed by atoms with E-state index in [-0.39, 0.29) is 11.9 Å². The number of likely N-dealkylation sites (tertiary alicyclic amines) is 1. The molecule has 2 aromatic rings. The van der Waals surface area contributed by atoms with Gasteiger partial charge in [-0.2, -0.15) is 0 Å². The molecule has 1 amide bonds. The van der Waals surface area contributed by atoms with Crippen molar-refractivity contribution in [2.45, 2.75) is 25.8 Å². The molecular formula is C15H17N3O2. The van der Waals surface area contributed by atoms with Crippen molar-refractivity contribution in [2.75, 3.05) is 12.3 Å². The van der Waals surface area contributed by atoms with E-state index < -0.39 is 0 Å². The van der Waals surface area contributed by atoms with E-state index in [1.54, 1.807) is 24.3 Å². The monoisotopic (exact) mass is 271 g/mol. The molecule has 1 saturated heterocycles. The van der Waals surface area contributed by atoms with E-state index in [9.17, 15) is 4.79 Å². The third-order valence-electron chi connectivity index (χ3n) is 3.62. The van der Waals surface area contributed by atoms with E-state index in [2.05, 4.69) is 5.16 Å². The molecule has 0 radical (unpaired) electrons. The summed E-state index contributed by atoms with van der Waals surface area (Å²) < 4.78 is 5.32. The first kappa shape index (κ1) is 12.7. The smallest absolute Gasteiger partial charge is 0.254 e. The number of hydrogen-bond donors (Lipinski definition) is 1. The van der Waals surface area contributed by atoms with Crippen LogP contribution >= 0.6 is 0 Å². The molecule has 1 aromatic heterocycles. The summed E-state index contributed by atoms with van der Waals surface area (Å²) in [6.07, 6.45) is 1.88.